The predicted octanol–water partition coefficient (Wildman–Crippen LogP) is 0.900. The van der Waals surface area contributed by atoms with E-state index < -0.39 is 0 Å². The highest BCUT2D eigenvalue weighted by Crippen LogP contribution is 2.14. The number of ether oxygens (including phenoxy) is 1. The monoisotopic (exact) mass is 319 g/mol. The fourth-order valence-electron chi connectivity index (χ4n) is 2.67. The lowest BCUT2D eigenvalue weighted by Crippen LogP contribution is -2.56. The molecule has 0 amide bonds. The number of nitrogens with zero attached hydrogens (tertiary/aromatic N) is 3. The number of rotatable bonds is 6. The Morgan fingerprint density at radius 3 is 2.78 bits per heavy atom. The molecule has 6 heteroatoms. The van der Waals surface area contributed by atoms with Crippen LogP contribution in [0.1, 0.15) is 19.4 Å². The third-order valence-electron chi connectivity index (χ3n) is 4.21. The maximum Gasteiger partial charge on any atom is 0.191 e. The molecule has 1 saturated heterocycles. The van der Waals surface area contributed by atoms with Gasteiger partial charge in [0.25, 0.3) is 0 Å². The van der Waals surface area contributed by atoms with Gasteiger partial charge < -0.3 is 15.4 Å². The van der Waals surface area contributed by atoms with E-state index >= 15 is 0 Å². The van der Waals surface area contributed by atoms with Crippen molar-refractivity contribution >= 4 is 5.96 Å². The SMILES string of the molecule is CN=C(NCCc1cccnc1)NCC(C)(C)N1CCOCC1. The highest BCUT2D eigenvalue weighted by Gasteiger charge is 2.28. The zero-order valence-corrected chi connectivity index (χ0v) is 14.5. The molecule has 0 saturated carbocycles. The normalized spacial score (nSPS) is 17.1. The van der Waals surface area contributed by atoms with Crippen LogP contribution in [0.25, 0.3) is 0 Å². The number of aromatic nitrogens is 1. The molecule has 1 aliphatic heterocycles. The van der Waals surface area contributed by atoms with Crippen LogP contribution in [0.15, 0.2) is 29.5 Å². The number of pyridine rings is 1. The van der Waals surface area contributed by atoms with Crippen LogP contribution in [0.5, 0.6) is 0 Å². The van der Waals surface area contributed by atoms with Gasteiger partial charge in [-0.05, 0) is 31.9 Å². The second kappa shape index (κ2) is 8.84. The number of hydrogen-bond acceptors (Lipinski definition) is 4. The Kier molecular flexibility index (Phi) is 6.80. The summed E-state index contributed by atoms with van der Waals surface area (Å²) < 4.78 is 5.43. The van der Waals surface area contributed by atoms with Crippen molar-refractivity contribution in [3.05, 3.63) is 30.1 Å². The van der Waals surface area contributed by atoms with Gasteiger partial charge in [0.1, 0.15) is 0 Å². The van der Waals surface area contributed by atoms with E-state index in [4.69, 9.17) is 4.74 Å². The molecule has 6 nitrogen and oxygen atoms in total. The summed E-state index contributed by atoms with van der Waals surface area (Å²) in [6.07, 6.45) is 4.63. The lowest BCUT2D eigenvalue weighted by atomic mass is 10.0. The third kappa shape index (κ3) is 5.80. The quantitative estimate of drug-likeness (QED) is 0.603. The van der Waals surface area contributed by atoms with Crippen molar-refractivity contribution in [2.24, 2.45) is 4.99 Å². The van der Waals surface area contributed by atoms with Crippen LogP contribution in [0.4, 0.5) is 0 Å². The number of guanidine groups is 1. The first-order valence-electron chi connectivity index (χ1n) is 8.28. The maximum atomic E-state index is 5.43. The van der Waals surface area contributed by atoms with Crippen LogP contribution in [0.2, 0.25) is 0 Å². The zero-order valence-electron chi connectivity index (χ0n) is 14.5. The first-order valence-corrected chi connectivity index (χ1v) is 8.28. The minimum Gasteiger partial charge on any atom is -0.379 e. The van der Waals surface area contributed by atoms with Gasteiger partial charge in [-0.25, -0.2) is 0 Å². The van der Waals surface area contributed by atoms with Gasteiger partial charge in [0.15, 0.2) is 5.96 Å². The zero-order chi connectivity index (χ0) is 16.5. The molecule has 23 heavy (non-hydrogen) atoms. The molecule has 1 fully saturated rings. The Labute approximate surface area is 139 Å². The van der Waals surface area contributed by atoms with Crippen molar-refractivity contribution in [3.63, 3.8) is 0 Å². The fourth-order valence-corrected chi connectivity index (χ4v) is 2.67. The molecule has 2 heterocycles. The van der Waals surface area contributed by atoms with E-state index in [0.717, 1.165) is 51.8 Å². The van der Waals surface area contributed by atoms with Crippen LogP contribution >= 0.6 is 0 Å². The van der Waals surface area contributed by atoms with E-state index in [9.17, 15) is 0 Å². The van der Waals surface area contributed by atoms with Crippen molar-refractivity contribution in [2.75, 3.05) is 46.4 Å². The van der Waals surface area contributed by atoms with E-state index in [1.807, 2.05) is 12.3 Å². The Morgan fingerprint density at radius 2 is 2.13 bits per heavy atom. The molecule has 2 N–H and O–H groups in total. The summed E-state index contributed by atoms with van der Waals surface area (Å²) in [7, 11) is 1.81. The molecule has 2 rings (SSSR count). The van der Waals surface area contributed by atoms with E-state index in [-0.39, 0.29) is 5.54 Å². The van der Waals surface area contributed by atoms with Crippen molar-refractivity contribution in [1.29, 1.82) is 0 Å². The predicted molar refractivity (Wildman–Crippen MR) is 93.8 cm³/mol. The smallest absolute Gasteiger partial charge is 0.191 e. The van der Waals surface area contributed by atoms with Crippen LogP contribution in [-0.4, -0.2) is 67.8 Å². The summed E-state index contributed by atoms with van der Waals surface area (Å²) in [5.74, 6) is 0.843. The lowest BCUT2D eigenvalue weighted by Gasteiger charge is -2.41. The molecule has 1 aromatic rings. The van der Waals surface area contributed by atoms with E-state index in [1.165, 1.54) is 5.56 Å². The summed E-state index contributed by atoms with van der Waals surface area (Å²) in [5, 5.41) is 6.80. The summed E-state index contributed by atoms with van der Waals surface area (Å²) in [6, 6.07) is 4.06. The molecular formula is C17H29N5O. The Morgan fingerprint density at radius 1 is 1.35 bits per heavy atom. The first kappa shape index (κ1) is 17.7. The Hall–Kier alpha value is -1.66. The molecule has 0 radical (unpaired) electrons. The molecule has 0 aliphatic carbocycles. The number of morpholine rings is 1. The average molecular weight is 319 g/mol. The van der Waals surface area contributed by atoms with E-state index in [0.29, 0.717) is 0 Å². The van der Waals surface area contributed by atoms with E-state index in [2.05, 4.69) is 45.4 Å². The fraction of sp³-hybridized carbons (Fsp3) is 0.647. The minimum atomic E-state index is 0.0742. The summed E-state index contributed by atoms with van der Waals surface area (Å²) in [5.41, 5.74) is 1.30. The summed E-state index contributed by atoms with van der Waals surface area (Å²) in [6.45, 7) is 9.82. The average Bonchev–Trinajstić information content (AvgIpc) is 2.59. The second-order valence-electron chi connectivity index (χ2n) is 6.38. The molecule has 0 bridgehead atoms. The summed E-state index contributed by atoms with van der Waals surface area (Å²) in [4.78, 5) is 10.9. The van der Waals surface area contributed by atoms with Crippen LogP contribution in [0, 0.1) is 0 Å². The third-order valence-corrected chi connectivity index (χ3v) is 4.21. The van der Waals surface area contributed by atoms with Gasteiger partial charge in [-0.1, -0.05) is 6.07 Å². The maximum absolute atomic E-state index is 5.43. The van der Waals surface area contributed by atoms with Crippen molar-refractivity contribution in [2.45, 2.75) is 25.8 Å². The topological polar surface area (TPSA) is 61.8 Å². The Bertz CT molecular complexity index is 483. The van der Waals surface area contributed by atoms with Gasteiger partial charge in [0.05, 0.1) is 13.2 Å². The molecule has 1 aromatic heterocycles. The summed E-state index contributed by atoms with van der Waals surface area (Å²) >= 11 is 0. The molecule has 128 valence electrons. The van der Waals surface area contributed by atoms with Crippen molar-refractivity contribution in [3.8, 4) is 0 Å². The number of aliphatic imine (C=N–C) groups is 1. The number of hydrogen-bond donors (Lipinski definition) is 2. The molecule has 0 unspecified atom stereocenters. The molecule has 0 aromatic carbocycles. The van der Waals surface area contributed by atoms with Crippen LogP contribution in [0.3, 0.4) is 0 Å². The molecule has 0 atom stereocenters. The van der Waals surface area contributed by atoms with Gasteiger partial charge in [-0.2, -0.15) is 0 Å². The standard InChI is InChI=1S/C17H29N5O/c1-17(2,22-9-11-23-12-10-22)14-21-16(18-3)20-8-6-15-5-4-7-19-13-15/h4-5,7,13H,6,8-12,14H2,1-3H3,(H2,18,20,21). The lowest BCUT2D eigenvalue weighted by molar-refractivity contribution is -0.00833. The first-order chi connectivity index (χ1) is 11.1. The van der Waals surface area contributed by atoms with Crippen LogP contribution in [-0.2, 0) is 11.2 Å². The highest BCUT2D eigenvalue weighted by atomic mass is 16.5. The molecule has 1 aliphatic rings. The number of nitrogens with one attached hydrogen (secondary N) is 2. The minimum absolute atomic E-state index is 0.0742. The van der Waals surface area contributed by atoms with Crippen molar-refractivity contribution < 1.29 is 4.74 Å². The van der Waals surface area contributed by atoms with Gasteiger partial charge in [0.2, 0.25) is 0 Å². The van der Waals surface area contributed by atoms with E-state index in [1.54, 1.807) is 13.2 Å². The van der Waals surface area contributed by atoms with Gasteiger partial charge >= 0.3 is 0 Å². The van der Waals surface area contributed by atoms with Gasteiger partial charge in [-0.3, -0.25) is 14.9 Å². The van der Waals surface area contributed by atoms with Gasteiger partial charge in [-0.15, -0.1) is 0 Å². The van der Waals surface area contributed by atoms with Crippen molar-refractivity contribution in [1.82, 2.24) is 20.5 Å². The van der Waals surface area contributed by atoms with Crippen LogP contribution < -0.4 is 10.6 Å². The largest absolute Gasteiger partial charge is 0.379 e. The van der Waals surface area contributed by atoms with Gasteiger partial charge in [0, 0.05) is 51.2 Å². The Balaban J connectivity index is 1.73. The molecule has 0 spiro atoms. The molecular weight excluding hydrogens is 290 g/mol. The second-order valence-corrected chi connectivity index (χ2v) is 6.38. The highest BCUT2D eigenvalue weighted by molar-refractivity contribution is 5.79.